The highest BCUT2D eigenvalue weighted by Gasteiger charge is 2.18. The van der Waals surface area contributed by atoms with E-state index < -0.39 is 0 Å². The van der Waals surface area contributed by atoms with Crippen molar-refractivity contribution in [1.29, 1.82) is 0 Å². The molecular weight excluding hydrogens is 418 g/mol. The Labute approximate surface area is 204 Å². The topological polar surface area (TPSA) is 30.3 Å². The summed E-state index contributed by atoms with van der Waals surface area (Å²) in [6.45, 7) is 20.7. The van der Waals surface area contributed by atoms with Crippen LogP contribution in [0.4, 0.5) is 5.82 Å². The predicted molar refractivity (Wildman–Crippen MR) is 145 cm³/mol. The Bertz CT molecular complexity index is 1270. The number of aromatic nitrogens is 2. The van der Waals surface area contributed by atoms with Gasteiger partial charge < -0.3 is 14.2 Å². The normalized spacial score (nSPS) is 12.0. The lowest BCUT2D eigenvalue weighted by Gasteiger charge is -2.26. The van der Waals surface area contributed by atoms with Crippen LogP contribution in [0.1, 0.15) is 50.2 Å². The molecule has 0 N–H and O–H groups in total. The van der Waals surface area contributed by atoms with Crippen LogP contribution in [-0.2, 0) is 0 Å². The first-order chi connectivity index (χ1) is 16.2. The third-order valence-electron chi connectivity index (χ3n) is 5.76. The van der Waals surface area contributed by atoms with Crippen molar-refractivity contribution in [3.8, 4) is 11.6 Å². The molecule has 1 aromatic carbocycles. The average Bonchev–Trinajstić information content (AvgIpc) is 3.14. The number of ether oxygens (including phenoxy) is 1. The Balaban J connectivity index is 2.37. The molecule has 34 heavy (non-hydrogen) atoms. The van der Waals surface area contributed by atoms with Crippen LogP contribution in [0.15, 0.2) is 90.8 Å². The Morgan fingerprint density at radius 3 is 2.21 bits per heavy atom. The minimum Gasteiger partial charge on any atom is -0.497 e. The van der Waals surface area contributed by atoms with Crippen molar-refractivity contribution < 1.29 is 4.74 Å². The molecule has 0 bridgehead atoms. The molecule has 3 rings (SSSR count). The summed E-state index contributed by atoms with van der Waals surface area (Å²) in [4.78, 5) is 7.18. The molecule has 0 aliphatic heterocycles. The van der Waals surface area contributed by atoms with Gasteiger partial charge in [0.2, 0.25) is 0 Å². The molecule has 4 heteroatoms. The summed E-state index contributed by atoms with van der Waals surface area (Å²) < 4.78 is 7.69. The van der Waals surface area contributed by atoms with Crippen LogP contribution >= 0.6 is 0 Å². The molecule has 0 radical (unpaired) electrons. The molecule has 4 nitrogen and oxygen atoms in total. The Kier molecular flexibility index (Phi) is 7.62. The summed E-state index contributed by atoms with van der Waals surface area (Å²) in [5.41, 5.74) is 8.34. The monoisotopic (exact) mass is 453 g/mol. The van der Waals surface area contributed by atoms with Gasteiger partial charge in [-0.15, -0.1) is 0 Å². The van der Waals surface area contributed by atoms with Gasteiger partial charge in [0.25, 0.3) is 0 Å². The van der Waals surface area contributed by atoms with E-state index in [1.807, 2.05) is 32.9 Å². The van der Waals surface area contributed by atoms with Gasteiger partial charge in [0.1, 0.15) is 17.4 Å². The lowest BCUT2D eigenvalue weighted by atomic mass is 9.96. The van der Waals surface area contributed by atoms with Gasteiger partial charge in [0, 0.05) is 22.8 Å². The van der Waals surface area contributed by atoms with Gasteiger partial charge in [-0.25, -0.2) is 4.98 Å². The maximum absolute atomic E-state index is 5.51. The van der Waals surface area contributed by atoms with Crippen LogP contribution in [0.2, 0.25) is 0 Å². The van der Waals surface area contributed by atoms with Gasteiger partial charge in [0.15, 0.2) is 0 Å². The van der Waals surface area contributed by atoms with Gasteiger partial charge in [-0.05, 0) is 94.6 Å². The molecule has 3 aromatic rings. The molecule has 0 fully saturated rings. The number of hydrogen-bond donors (Lipinski definition) is 0. The Morgan fingerprint density at radius 1 is 0.971 bits per heavy atom. The van der Waals surface area contributed by atoms with Gasteiger partial charge in [-0.3, -0.25) is 0 Å². The number of allylic oxidation sites excluding steroid dienone is 5. The zero-order valence-corrected chi connectivity index (χ0v) is 21.4. The number of pyridine rings is 1. The van der Waals surface area contributed by atoms with Crippen molar-refractivity contribution in [3.63, 3.8) is 0 Å². The number of rotatable bonds is 8. The fourth-order valence-corrected chi connectivity index (χ4v) is 4.09. The van der Waals surface area contributed by atoms with Crippen molar-refractivity contribution in [2.45, 2.75) is 41.5 Å². The zero-order valence-electron chi connectivity index (χ0n) is 21.4. The van der Waals surface area contributed by atoms with E-state index in [1.165, 1.54) is 0 Å². The Hall–Kier alpha value is -3.79. The molecule has 0 atom stereocenters. The van der Waals surface area contributed by atoms with E-state index in [-0.39, 0.29) is 0 Å². The minimum absolute atomic E-state index is 0.810. The van der Waals surface area contributed by atoms with E-state index in [0.717, 1.165) is 62.4 Å². The van der Waals surface area contributed by atoms with Gasteiger partial charge in [0.05, 0.1) is 7.11 Å². The number of methoxy groups -OCH3 is 1. The first-order valence-electron chi connectivity index (χ1n) is 11.4. The standard InChI is InChI=1S/C30H35N3O/c1-10-22(6)32(21(4)5)29-18-26(19-30(31-29)33-23(7)14-15-24(33)8)28(16-20(2)3)25-12-11-13-27(17-25)34-9/h10-19H,2,4H2,1,3,5-9H3/b22-10-,28-16+. The summed E-state index contributed by atoms with van der Waals surface area (Å²) >= 11 is 0. The quantitative estimate of drug-likeness (QED) is 0.326. The van der Waals surface area contributed by atoms with Gasteiger partial charge in [-0.2, -0.15) is 0 Å². The molecule has 0 aliphatic carbocycles. The van der Waals surface area contributed by atoms with Gasteiger partial charge >= 0.3 is 0 Å². The van der Waals surface area contributed by atoms with E-state index in [0.29, 0.717) is 0 Å². The maximum atomic E-state index is 5.51. The highest BCUT2D eigenvalue weighted by molar-refractivity contribution is 5.84. The predicted octanol–water partition coefficient (Wildman–Crippen LogP) is 7.77. The van der Waals surface area contributed by atoms with Crippen molar-refractivity contribution in [1.82, 2.24) is 9.55 Å². The van der Waals surface area contributed by atoms with E-state index >= 15 is 0 Å². The van der Waals surface area contributed by atoms with Gasteiger partial charge in [-0.1, -0.05) is 43.0 Å². The van der Waals surface area contributed by atoms with E-state index in [9.17, 15) is 0 Å². The van der Waals surface area contributed by atoms with Crippen molar-refractivity contribution >= 4 is 11.4 Å². The summed E-state index contributed by atoms with van der Waals surface area (Å²) in [6, 6.07) is 16.6. The fraction of sp³-hybridized carbons (Fsp3) is 0.233. The molecular formula is C30H35N3O. The SMILES string of the molecule is C=C(C)/C=C(\c1cccc(OC)c1)c1cc(N(C(=C)C)/C(C)=C\C)nc(-n2c(C)ccc2C)c1. The second kappa shape index (κ2) is 10.4. The largest absolute Gasteiger partial charge is 0.497 e. The van der Waals surface area contributed by atoms with Crippen LogP contribution in [0.5, 0.6) is 5.75 Å². The second-order valence-corrected chi connectivity index (χ2v) is 8.66. The highest BCUT2D eigenvalue weighted by atomic mass is 16.5. The molecule has 176 valence electrons. The summed E-state index contributed by atoms with van der Waals surface area (Å²) in [6.07, 6.45) is 4.18. The third kappa shape index (κ3) is 5.23. The molecule has 0 unspecified atom stereocenters. The lowest BCUT2D eigenvalue weighted by Crippen LogP contribution is -2.20. The van der Waals surface area contributed by atoms with Crippen molar-refractivity contribution in [3.05, 3.63) is 113 Å². The fourth-order valence-electron chi connectivity index (χ4n) is 4.09. The number of anilines is 1. The summed E-state index contributed by atoms with van der Waals surface area (Å²) in [5.74, 6) is 2.49. The molecule has 0 aliphatic rings. The summed E-state index contributed by atoms with van der Waals surface area (Å²) in [7, 11) is 1.69. The third-order valence-corrected chi connectivity index (χ3v) is 5.76. The molecule has 0 amide bonds. The highest BCUT2D eigenvalue weighted by Crippen LogP contribution is 2.33. The number of nitrogens with zero attached hydrogens (tertiary/aromatic N) is 3. The van der Waals surface area contributed by atoms with Crippen molar-refractivity contribution in [2.75, 3.05) is 12.0 Å². The zero-order chi connectivity index (χ0) is 25.0. The molecule has 2 aromatic heterocycles. The van der Waals surface area contributed by atoms with E-state index in [4.69, 9.17) is 9.72 Å². The summed E-state index contributed by atoms with van der Waals surface area (Å²) in [5, 5.41) is 0. The van der Waals surface area contributed by atoms with Crippen LogP contribution in [0.25, 0.3) is 11.4 Å². The molecule has 0 saturated carbocycles. The van der Waals surface area contributed by atoms with E-state index in [2.05, 4.69) is 91.9 Å². The van der Waals surface area contributed by atoms with Crippen LogP contribution < -0.4 is 9.64 Å². The maximum Gasteiger partial charge on any atom is 0.140 e. The minimum atomic E-state index is 0.810. The smallest absolute Gasteiger partial charge is 0.140 e. The van der Waals surface area contributed by atoms with Crippen molar-refractivity contribution in [2.24, 2.45) is 0 Å². The first-order valence-corrected chi connectivity index (χ1v) is 11.4. The lowest BCUT2D eigenvalue weighted by molar-refractivity contribution is 0.414. The van der Waals surface area contributed by atoms with Crippen LogP contribution in [-0.4, -0.2) is 16.7 Å². The number of benzene rings is 1. The number of hydrogen-bond acceptors (Lipinski definition) is 3. The van der Waals surface area contributed by atoms with E-state index in [1.54, 1.807) is 7.11 Å². The Morgan fingerprint density at radius 2 is 1.65 bits per heavy atom. The second-order valence-electron chi connectivity index (χ2n) is 8.66. The molecule has 0 spiro atoms. The molecule has 2 heterocycles. The number of aryl methyl sites for hydroxylation is 2. The average molecular weight is 454 g/mol. The first kappa shape index (κ1) is 24.8. The van der Waals surface area contributed by atoms with Crippen LogP contribution in [0.3, 0.4) is 0 Å². The molecule has 0 saturated heterocycles. The van der Waals surface area contributed by atoms with Crippen LogP contribution in [0, 0.1) is 13.8 Å².